The van der Waals surface area contributed by atoms with E-state index in [1.807, 2.05) is 18.2 Å². The van der Waals surface area contributed by atoms with Gasteiger partial charge in [0.15, 0.2) is 0 Å². The van der Waals surface area contributed by atoms with E-state index in [9.17, 15) is 18.0 Å². The van der Waals surface area contributed by atoms with Crippen LogP contribution in [0, 0.1) is 5.92 Å². The van der Waals surface area contributed by atoms with Gasteiger partial charge in [0, 0.05) is 50.1 Å². The van der Waals surface area contributed by atoms with Crippen molar-refractivity contribution in [3.63, 3.8) is 0 Å². The maximum absolute atomic E-state index is 13.3. The number of nitrogens with zero attached hydrogens (tertiary/aromatic N) is 1. The zero-order chi connectivity index (χ0) is 23.3. The summed E-state index contributed by atoms with van der Waals surface area (Å²) in [6, 6.07) is 7.07. The van der Waals surface area contributed by atoms with Crippen molar-refractivity contribution in [2.75, 3.05) is 36.3 Å². The molecule has 1 heterocycles. The number of allylic oxidation sites excluding steroid dienone is 3. The van der Waals surface area contributed by atoms with E-state index in [1.165, 1.54) is 10.4 Å². The summed E-state index contributed by atoms with van der Waals surface area (Å²) in [5.41, 5.74) is 1.46. The van der Waals surface area contributed by atoms with Crippen LogP contribution in [0.25, 0.3) is 0 Å². The standard InChI is InChI=1S/C21H26BrClN4O4S/c1-27-17-5-3-2-4-15(17)21(16-7-6-14(23)12-18(16)32(27,30)31)26-9-8-19(28)24-10-11-25-20(29)13-22/h2-6,12,16,21,26H,7-11,13H2,1H3,(H,24,28)(H,25,29). The van der Waals surface area contributed by atoms with Crippen LogP contribution in [0.4, 0.5) is 5.69 Å². The molecule has 1 aliphatic heterocycles. The molecule has 3 N–H and O–H groups in total. The van der Waals surface area contributed by atoms with Gasteiger partial charge in [0.2, 0.25) is 11.8 Å². The van der Waals surface area contributed by atoms with E-state index in [-0.39, 0.29) is 40.4 Å². The molecule has 0 saturated heterocycles. The Hall–Kier alpha value is -1.88. The van der Waals surface area contributed by atoms with Crippen molar-refractivity contribution in [3.8, 4) is 0 Å². The molecule has 1 aliphatic carbocycles. The number of benzene rings is 1. The third kappa shape index (κ3) is 5.54. The molecule has 0 saturated carbocycles. The summed E-state index contributed by atoms with van der Waals surface area (Å²) in [6.45, 7) is 1.06. The van der Waals surface area contributed by atoms with Crippen LogP contribution >= 0.6 is 27.5 Å². The molecule has 3 rings (SSSR count). The predicted molar refractivity (Wildman–Crippen MR) is 129 cm³/mol. The van der Waals surface area contributed by atoms with E-state index < -0.39 is 10.0 Å². The molecule has 1 aromatic carbocycles. The minimum atomic E-state index is -3.73. The van der Waals surface area contributed by atoms with Gasteiger partial charge >= 0.3 is 0 Å². The second-order valence-electron chi connectivity index (χ2n) is 7.52. The average molecular weight is 546 g/mol. The van der Waals surface area contributed by atoms with Gasteiger partial charge in [-0.1, -0.05) is 51.8 Å². The highest BCUT2D eigenvalue weighted by Gasteiger charge is 2.41. The number of halogens is 2. The Labute approximate surface area is 201 Å². The highest BCUT2D eigenvalue weighted by Crippen LogP contribution is 2.45. The Morgan fingerprint density at radius 1 is 1.16 bits per heavy atom. The zero-order valence-corrected chi connectivity index (χ0v) is 20.8. The maximum atomic E-state index is 13.3. The summed E-state index contributed by atoms with van der Waals surface area (Å²) >= 11 is 9.22. The molecule has 32 heavy (non-hydrogen) atoms. The number of carbonyl (C=O) groups excluding carboxylic acids is 2. The third-order valence-electron chi connectivity index (χ3n) is 5.49. The summed E-state index contributed by atoms with van der Waals surface area (Å²) < 4.78 is 27.8. The molecule has 8 nitrogen and oxygen atoms in total. The fraction of sp³-hybridized carbons (Fsp3) is 0.429. The predicted octanol–water partition coefficient (Wildman–Crippen LogP) is 2.14. The number of para-hydroxylation sites is 1. The molecule has 2 aliphatic rings. The van der Waals surface area contributed by atoms with Crippen molar-refractivity contribution >= 4 is 55.1 Å². The molecular formula is C21H26BrClN4O4S. The summed E-state index contributed by atoms with van der Waals surface area (Å²) in [5, 5.41) is 9.45. The summed E-state index contributed by atoms with van der Waals surface area (Å²) in [4.78, 5) is 23.6. The number of carbonyl (C=O) groups is 2. The molecule has 0 bridgehead atoms. The molecule has 2 amide bonds. The second kappa shape index (κ2) is 10.8. The molecule has 0 aromatic heterocycles. The van der Waals surface area contributed by atoms with Crippen LogP contribution in [0.15, 0.2) is 46.4 Å². The quantitative estimate of drug-likeness (QED) is 0.343. The topological polar surface area (TPSA) is 108 Å². The van der Waals surface area contributed by atoms with Crippen LogP contribution in [0.5, 0.6) is 0 Å². The highest BCUT2D eigenvalue weighted by atomic mass is 79.9. The van der Waals surface area contributed by atoms with Gasteiger partial charge in [-0.15, -0.1) is 0 Å². The van der Waals surface area contributed by atoms with E-state index in [4.69, 9.17) is 11.6 Å². The molecular weight excluding hydrogens is 520 g/mol. The van der Waals surface area contributed by atoms with E-state index in [1.54, 1.807) is 19.2 Å². The lowest BCUT2D eigenvalue weighted by Crippen LogP contribution is -2.37. The van der Waals surface area contributed by atoms with E-state index in [2.05, 4.69) is 31.9 Å². The third-order valence-corrected chi connectivity index (χ3v) is 8.20. The minimum absolute atomic E-state index is 0.140. The average Bonchev–Trinajstić information content (AvgIpc) is 2.84. The van der Waals surface area contributed by atoms with Crippen LogP contribution in [0.2, 0.25) is 0 Å². The normalized spacial score (nSPS) is 21.4. The smallest absolute Gasteiger partial charge is 0.260 e. The Morgan fingerprint density at radius 2 is 1.84 bits per heavy atom. The Morgan fingerprint density at radius 3 is 2.56 bits per heavy atom. The highest BCUT2D eigenvalue weighted by molar-refractivity contribution is 9.09. The molecule has 11 heteroatoms. The van der Waals surface area contributed by atoms with E-state index >= 15 is 0 Å². The van der Waals surface area contributed by atoms with Crippen LogP contribution in [0.1, 0.15) is 24.4 Å². The minimum Gasteiger partial charge on any atom is -0.354 e. The van der Waals surface area contributed by atoms with Gasteiger partial charge in [0.1, 0.15) is 0 Å². The van der Waals surface area contributed by atoms with E-state index in [0.717, 1.165) is 5.56 Å². The van der Waals surface area contributed by atoms with Crippen molar-refractivity contribution in [2.24, 2.45) is 5.92 Å². The lowest BCUT2D eigenvalue weighted by molar-refractivity contribution is -0.121. The first kappa shape index (κ1) is 24.8. The van der Waals surface area contributed by atoms with Crippen molar-refractivity contribution in [1.82, 2.24) is 16.0 Å². The van der Waals surface area contributed by atoms with Gasteiger partial charge in [-0.05, 0) is 24.1 Å². The van der Waals surface area contributed by atoms with Gasteiger partial charge in [0.25, 0.3) is 10.0 Å². The molecule has 2 unspecified atom stereocenters. The zero-order valence-electron chi connectivity index (χ0n) is 17.6. The van der Waals surface area contributed by atoms with Gasteiger partial charge in [-0.2, -0.15) is 0 Å². The fourth-order valence-electron chi connectivity index (χ4n) is 3.90. The molecule has 1 aromatic rings. The van der Waals surface area contributed by atoms with Gasteiger partial charge in [-0.25, -0.2) is 8.42 Å². The molecule has 174 valence electrons. The summed E-state index contributed by atoms with van der Waals surface area (Å²) in [6.07, 6.45) is 4.04. The SMILES string of the molecule is CN1c2ccccc2C(NCCC(=O)NCCNC(=O)CBr)C2CC=C(Cl)C=C2S1(=O)=O. The maximum Gasteiger partial charge on any atom is 0.260 e. The monoisotopic (exact) mass is 544 g/mol. The lowest BCUT2D eigenvalue weighted by atomic mass is 9.86. The van der Waals surface area contributed by atoms with Crippen molar-refractivity contribution in [3.05, 3.63) is 51.9 Å². The number of alkyl halides is 1. The van der Waals surface area contributed by atoms with Crippen LogP contribution in [-0.4, -0.2) is 52.2 Å². The number of anilines is 1. The van der Waals surface area contributed by atoms with Crippen molar-refractivity contribution in [2.45, 2.75) is 18.9 Å². The van der Waals surface area contributed by atoms with Gasteiger partial charge in [-0.3, -0.25) is 13.9 Å². The lowest BCUT2D eigenvalue weighted by Gasteiger charge is -2.29. The first-order chi connectivity index (χ1) is 15.3. The Balaban J connectivity index is 1.71. The summed E-state index contributed by atoms with van der Waals surface area (Å²) in [7, 11) is -2.19. The molecule has 0 radical (unpaired) electrons. The number of amides is 2. The Kier molecular flexibility index (Phi) is 8.37. The second-order valence-corrected chi connectivity index (χ2v) is 10.5. The van der Waals surface area contributed by atoms with Crippen LogP contribution in [-0.2, 0) is 19.6 Å². The first-order valence-corrected chi connectivity index (χ1v) is 13.2. The van der Waals surface area contributed by atoms with E-state index in [0.29, 0.717) is 36.8 Å². The number of sulfonamides is 1. The Bertz CT molecular complexity index is 1040. The molecule has 0 fully saturated rings. The van der Waals surface area contributed by atoms with Crippen molar-refractivity contribution in [1.29, 1.82) is 0 Å². The summed E-state index contributed by atoms with van der Waals surface area (Å²) in [5.74, 6) is -0.630. The number of hydrogen-bond donors (Lipinski definition) is 3. The van der Waals surface area contributed by atoms with Crippen LogP contribution < -0.4 is 20.3 Å². The first-order valence-electron chi connectivity index (χ1n) is 10.2. The number of fused-ring (bicyclic) bond motifs is 2. The largest absolute Gasteiger partial charge is 0.354 e. The number of rotatable bonds is 8. The van der Waals surface area contributed by atoms with Crippen molar-refractivity contribution < 1.29 is 18.0 Å². The van der Waals surface area contributed by atoms with Gasteiger partial charge in [0.05, 0.1) is 15.9 Å². The number of hydrogen-bond acceptors (Lipinski definition) is 5. The number of nitrogens with one attached hydrogen (secondary N) is 3. The fourth-order valence-corrected chi connectivity index (χ4v) is 6.00. The van der Waals surface area contributed by atoms with Gasteiger partial charge < -0.3 is 16.0 Å². The molecule has 0 spiro atoms. The van der Waals surface area contributed by atoms with Crippen LogP contribution in [0.3, 0.4) is 0 Å². The molecule has 2 atom stereocenters.